The van der Waals surface area contributed by atoms with E-state index in [-0.39, 0.29) is 12.2 Å². The van der Waals surface area contributed by atoms with Gasteiger partial charge >= 0.3 is 5.97 Å². The number of aromatic nitrogens is 2. The van der Waals surface area contributed by atoms with Gasteiger partial charge in [-0.3, -0.25) is 4.79 Å². The van der Waals surface area contributed by atoms with Crippen molar-refractivity contribution >= 4 is 5.97 Å². The number of nitrogens with zero attached hydrogens (tertiary/aromatic N) is 2. The number of methoxy groups -OCH3 is 1. The van der Waals surface area contributed by atoms with E-state index in [9.17, 15) is 9.59 Å². The summed E-state index contributed by atoms with van der Waals surface area (Å²) in [6.07, 6.45) is 0.428. The minimum atomic E-state index is -0.722. The molecule has 0 amide bonds. The molecule has 0 aliphatic heterocycles. The summed E-state index contributed by atoms with van der Waals surface area (Å²) in [5.74, 6) is 0.288. The number of hydrogen-bond donors (Lipinski definition) is 0. The highest BCUT2D eigenvalue weighted by Gasteiger charge is 2.22. The quantitative estimate of drug-likeness (QED) is 0.766. The number of ether oxygens (including phenoxy) is 2. The van der Waals surface area contributed by atoms with Gasteiger partial charge in [0, 0.05) is 11.6 Å². The molecule has 0 fully saturated rings. The van der Waals surface area contributed by atoms with E-state index in [4.69, 9.17) is 9.47 Å². The van der Waals surface area contributed by atoms with Crippen LogP contribution in [0.1, 0.15) is 26.3 Å². The Morgan fingerprint density at radius 2 is 1.87 bits per heavy atom. The standard InChI is InChI=1S/C17H20N2O4/c1-4-15(17(21)23-5-2)19-16(20)11-10-14(18-19)12-6-8-13(22-3)9-7-12/h6-11,15H,4-5H2,1-3H3. The van der Waals surface area contributed by atoms with Crippen LogP contribution < -0.4 is 10.3 Å². The Labute approximate surface area is 134 Å². The molecule has 23 heavy (non-hydrogen) atoms. The third-order valence-electron chi connectivity index (χ3n) is 3.45. The molecule has 0 radical (unpaired) electrons. The van der Waals surface area contributed by atoms with Gasteiger partial charge in [0.05, 0.1) is 19.4 Å². The number of rotatable bonds is 6. The Morgan fingerprint density at radius 1 is 1.17 bits per heavy atom. The third kappa shape index (κ3) is 3.77. The zero-order chi connectivity index (χ0) is 16.8. The minimum Gasteiger partial charge on any atom is -0.497 e. The lowest BCUT2D eigenvalue weighted by Crippen LogP contribution is -2.32. The molecule has 0 spiro atoms. The molecular formula is C17H20N2O4. The van der Waals surface area contributed by atoms with Gasteiger partial charge in [0.2, 0.25) is 0 Å². The van der Waals surface area contributed by atoms with Gasteiger partial charge in [-0.2, -0.15) is 5.10 Å². The lowest BCUT2D eigenvalue weighted by Gasteiger charge is -2.16. The van der Waals surface area contributed by atoms with E-state index in [0.29, 0.717) is 12.1 Å². The van der Waals surface area contributed by atoms with Crippen LogP contribution in [0.25, 0.3) is 11.3 Å². The van der Waals surface area contributed by atoms with E-state index in [1.54, 1.807) is 20.1 Å². The first kappa shape index (κ1) is 16.7. The Kier molecular flexibility index (Phi) is 5.51. The number of hydrogen-bond acceptors (Lipinski definition) is 5. The summed E-state index contributed by atoms with van der Waals surface area (Å²) in [4.78, 5) is 24.1. The van der Waals surface area contributed by atoms with Crippen molar-refractivity contribution in [2.45, 2.75) is 26.3 Å². The van der Waals surface area contributed by atoms with E-state index in [0.717, 1.165) is 11.3 Å². The van der Waals surface area contributed by atoms with Crippen LogP contribution in [0.5, 0.6) is 5.75 Å². The van der Waals surface area contributed by atoms with Crippen molar-refractivity contribution in [3.8, 4) is 17.0 Å². The fourth-order valence-corrected chi connectivity index (χ4v) is 2.24. The maximum absolute atomic E-state index is 12.1. The smallest absolute Gasteiger partial charge is 0.331 e. The Hall–Kier alpha value is -2.63. The summed E-state index contributed by atoms with van der Waals surface area (Å²) in [6, 6.07) is 9.65. The topological polar surface area (TPSA) is 70.4 Å². The van der Waals surface area contributed by atoms with E-state index in [2.05, 4.69) is 5.10 Å². The molecule has 0 N–H and O–H groups in total. The number of carbonyl (C=O) groups is 1. The van der Waals surface area contributed by atoms with Crippen LogP contribution in [-0.2, 0) is 9.53 Å². The van der Waals surface area contributed by atoms with Crippen LogP contribution in [-0.4, -0.2) is 29.5 Å². The normalized spacial score (nSPS) is 11.8. The molecule has 2 aromatic rings. The predicted molar refractivity (Wildman–Crippen MR) is 86.4 cm³/mol. The average molecular weight is 316 g/mol. The van der Waals surface area contributed by atoms with Gasteiger partial charge in [0.25, 0.3) is 5.56 Å². The van der Waals surface area contributed by atoms with Crippen molar-refractivity contribution in [1.82, 2.24) is 9.78 Å². The molecule has 1 aromatic carbocycles. The maximum Gasteiger partial charge on any atom is 0.331 e. The second-order valence-corrected chi connectivity index (χ2v) is 4.91. The monoisotopic (exact) mass is 316 g/mol. The SMILES string of the molecule is CCOC(=O)C(CC)n1nc(-c2ccc(OC)cc2)ccc1=O. The molecule has 1 atom stereocenters. The van der Waals surface area contributed by atoms with Crippen LogP contribution in [0, 0.1) is 0 Å². The van der Waals surface area contributed by atoms with Crippen molar-refractivity contribution in [3.63, 3.8) is 0 Å². The average Bonchev–Trinajstić information content (AvgIpc) is 2.57. The van der Waals surface area contributed by atoms with E-state index in [1.807, 2.05) is 31.2 Å². The number of carbonyl (C=O) groups excluding carboxylic acids is 1. The first-order valence-corrected chi connectivity index (χ1v) is 7.51. The van der Waals surface area contributed by atoms with Gasteiger partial charge in [-0.05, 0) is 43.7 Å². The van der Waals surface area contributed by atoms with Crippen molar-refractivity contribution in [2.24, 2.45) is 0 Å². The minimum absolute atomic E-state index is 0.266. The van der Waals surface area contributed by atoms with Crippen molar-refractivity contribution in [1.29, 1.82) is 0 Å². The summed E-state index contributed by atoms with van der Waals surface area (Å²) in [7, 11) is 1.60. The van der Waals surface area contributed by atoms with Gasteiger partial charge in [-0.25, -0.2) is 9.48 Å². The first-order chi connectivity index (χ1) is 11.1. The summed E-state index contributed by atoms with van der Waals surface area (Å²) >= 11 is 0. The third-order valence-corrected chi connectivity index (χ3v) is 3.45. The highest BCUT2D eigenvalue weighted by Crippen LogP contribution is 2.20. The molecule has 0 aliphatic rings. The fourth-order valence-electron chi connectivity index (χ4n) is 2.24. The highest BCUT2D eigenvalue weighted by molar-refractivity contribution is 5.74. The largest absolute Gasteiger partial charge is 0.497 e. The summed E-state index contributed by atoms with van der Waals surface area (Å²) in [6.45, 7) is 3.81. The molecule has 1 unspecified atom stereocenters. The predicted octanol–water partition coefficient (Wildman–Crippen LogP) is 2.43. The molecule has 0 aliphatic carbocycles. The van der Waals surface area contributed by atoms with E-state index < -0.39 is 12.0 Å². The molecule has 1 aromatic heterocycles. The molecule has 2 rings (SSSR count). The van der Waals surface area contributed by atoms with Crippen LogP contribution >= 0.6 is 0 Å². The van der Waals surface area contributed by atoms with Crippen molar-refractivity contribution in [2.75, 3.05) is 13.7 Å². The zero-order valence-electron chi connectivity index (χ0n) is 13.5. The zero-order valence-corrected chi connectivity index (χ0v) is 13.5. The van der Waals surface area contributed by atoms with Gasteiger partial charge < -0.3 is 9.47 Å². The summed E-state index contributed by atoms with van der Waals surface area (Å²) < 4.78 is 11.3. The number of benzene rings is 1. The Bertz CT molecular complexity index is 722. The lowest BCUT2D eigenvalue weighted by atomic mass is 10.1. The Morgan fingerprint density at radius 3 is 2.43 bits per heavy atom. The van der Waals surface area contributed by atoms with Gasteiger partial charge in [0.15, 0.2) is 6.04 Å². The van der Waals surface area contributed by atoms with Gasteiger partial charge in [-0.15, -0.1) is 0 Å². The number of esters is 1. The molecule has 0 saturated carbocycles. The molecular weight excluding hydrogens is 296 g/mol. The van der Waals surface area contributed by atoms with Crippen LogP contribution in [0.4, 0.5) is 0 Å². The fraction of sp³-hybridized carbons (Fsp3) is 0.353. The second-order valence-electron chi connectivity index (χ2n) is 4.91. The molecule has 0 saturated heterocycles. The molecule has 6 heteroatoms. The van der Waals surface area contributed by atoms with Crippen molar-refractivity contribution in [3.05, 3.63) is 46.8 Å². The molecule has 0 bridgehead atoms. The van der Waals surface area contributed by atoms with E-state index in [1.165, 1.54) is 10.7 Å². The summed E-state index contributed by atoms with van der Waals surface area (Å²) in [5, 5.41) is 4.34. The lowest BCUT2D eigenvalue weighted by molar-refractivity contribution is -0.147. The molecule has 1 heterocycles. The van der Waals surface area contributed by atoms with E-state index >= 15 is 0 Å². The summed E-state index contributed by atoms with van der Waals surface area (Å²) in [5.41, 5.74) is 1.11. The molecule has 122 valence electrons. The highest BCUT2D eigenvalue weighted by atomic mass is 16.5. The molecule has 6 nitrogen and oxygen atoms in total. The maximum atomic E-state index is 12.1. The second kappa shape index (κ2) is 7.58. The van der Waals surface area contributed by atoms with Gasteiger partial charge in [0.1, 0.15) is 5.75 Å². The van der Waals surface area contributed by atoms with Crippen LogP contribution in [0.15, 0.2) is 41.2 Å². The Balaban J connectivity index is 2.41. The van der Waals surface area contributed by atoms with Crippen LogP contribution in [0.3, 0.4) is 0 Å². The van der Waals surface area contributed by atoms with Crippen LogP contribution in [0.2, 0.25) is 0 Å². The van der Waals surface area contributed by atoms with Crippen molar-refractivity contribution < 1.29 is 14.3 Å². The van der Waals surface area contributed by atoms with Gasteiger partial charge in [-0.1, -0.05) is 6.92 Å². The first-order valence-electron chi connectivity index (χ1n) is 7.51.